The number of thiophene rings is 2. The summed E-state index contributed by atoms with van der Waals surface area (Å²) in [4.78, 5) is 0. The summed E-state index contributed by atoms with van der Waals surface area (Å²) >= 11 is 3.75. The summed E-state index contributed by atoms with van der Waals surface area (Å²) in [5.74, 6) is 0. The first-order chi connectivity index (χ1) is 51.6. The van der Waals surface area contributed by atoms with Crippen molar-refractivity contribution in [2.24, 2.45) is 0 Å². The maximum Gasteiger partial charge on any atom is 0.0555 e. The first-order valence-corrected chi connectivity index (χ1v) is 37.2. The van der Waals surface area contributed by atoms with Gasteiger partial charge in [0.2, 0.25) is 0 Å². The molecule has 0 spiro atoms. The van der Waals surface area contributed by atoms with Crippen molar-refractivity contribution >= 4 is 172 Å². The van der Waals surface area contributed by atoms with Crippen LogP contribution in [0.15, 0.2) is 364 Å². The van der Waals surface area contributed by atoms with Gasteiger partial charge in [0.15, 0.2) is 0 Å². The fraction of sp³-hybridized carbons (Fsp3) is 0. The van der Waals surface area contributed by atoms with Crippen LogP contribution in [0.3, 0.4) is 0 Å². The smallest absolute Gasteiger partial charge is 0.0555 e. The number of aromatic nitrogens is 4. The molecular weight excluding hydrogens is 1300 g/mol. The van der Waals surface area contributed by atoms with Crippen LogP contribution in [0.5, 0.6) is 0 Å². The van der Waals surface area contributed by atoms with Crippen LogP contribution in [0.4, 0.5) is 0 Å². The van der Waals surface area contributed by atoms with Gasteiger partial charge in [-0.15, -0.1) is 22.7 Å². The predicted molar refractivity (Wildman–Crippen MR) is 447 cm³/mol. The highest BCUT2D eigenvalue weighted by molar-refractivity contribution is 7.26. The van der Waals surface area contributed by atoms with Crippen molar-refractivity contribution in [1.29, 1.82) is 0 Å². The van der Waals surface area contributed by atoms with E-state index in [1.165, 1.54) is 205 Å². The van der Waals surface area contributed by atoms with Crippen molar-refractivity contribution in [2.45, 2.75) is 0 Å². The molecule has 6 aromatic heterocycles. The maximum absolute atomic E-state index is 2.48. The molecule has 0 aliphatic heterocycles. The second kappa shape index (κ2) is 23.2. The normalized spacial score (nSPS) is 12.0. The summed E-state index contributed by atoms with van der Waals surface area (Å²) in [5.41, 5.74) is 21.9. The Labute approximate surface area is 605 Å². The van der Waals surface area contributed by atoms with Crippen molar-refractivity contribution in [1.82, 2.24) is 18.3 Å². The largest absolute Gasteiger partial charge is 0.309 e. The molecule has 23 rings (SSSR count). The maximum atomic E-state index is 2.48. The minimum absolute atomic E-state index is 1.18. The summed E-state index contributed by atoms with van der Waals surface area (Å²) in [5, 5.41) is 20.4. The van der Waals surface area contributed by atoms with Crippen molar-refractivity contribution in [2.75, 3.05) is 0 Å². The van der Waals surface area contributed by atoms with Gasteiger partial charge in [0, 0.05) is 94.8 Å². The number of hydrogen-bond donors (Lipinski definition) is 0. The minimum atomic E-state index is 1.18. The molecule has 0 amide bonds. The molecule has 0 saturated carbocycles. The summed E-state index contributed by atoms with van der Waals surface area (Å²) in [6.45, 7) is 0. The second-order valence-corrected chi connectivity index (χ2v) is 29.6. The molecule has 0 N–H and O–H groups in total. The zero-order chi connectivity index (χ0) is 68.1. The zero-order valence-corrected chi connectivity index (χ0v) is 57.9. The third-order valence-corrected chi connectivity index (χ3v) is 24.1. The van der Waals surface area contributed by atoms with E-state index >= 15 is 0 Å². The molecule has 17 aromatic carbocycles. The summed E-state index contributed by atoms with van der Waals surface area (Å²) < 4.78 is 15.0. The lowest BCUT2D eigenvalue weighted by atomic mass is 10.0. The van der Waals surface area contributed by atoms with Crippen LogP contribution >= 0.6 is 22.7 Å². The Hall–Kier alpha value is -13.1. The molecule has 4 nitrogen and oxygen atoms in total. The molecule has 23 aromatic rings. The van der Waals surface area contributed by atoms with E-state index < -0.39 is 0 Å². The molecule has 6 heterocycles. The second-order valence-electron chi connectivity index (χ2n) is 27.5. The minimum Gasteiger partial charge on any atom is -0.309 e. The predicted octanol–water partition coefficient (Wildman–Crippen LogP) is 27.8. The van der Waals surface area contributed by atoms with Gasteiger partial charge in [0.25, 0.3) is 0 Å². The molecule has 104 heavy (non-hydrogen) atoms. The fourth-order valence-electron chi connectivity index (χ4n) is 17.1. The van der Waals surface area contributed by atoms with E-state index in [0.717, 1.165) is 0 Å². The van der Waals surface area contributed by atoms with Gasteiger partial charge in [0.1, 0.15) is 0 Å². The van der Waals surface area contributed by atoms with Crippen LogP contribution in [0, 0.1) is 0 Å². The third kappa shape index (κ3) is 9.09. The average Bonchev–Trinajstić information content (AvgIpc) is 1.59. The first kappa shape index (κ1) is 58.7. The summed E-state index contributed by atoms with van der Waals surface area (Å²) in [7, 11) is 0. The summed E-state index contributed by atoms with van der Waals surface area (Å²) in [6, 6.07) is 134. The Kier molecular flexibility index (Phi) is 13.1. The molecule has 0 aliphatic carbocycles. The molecule has 0 aliphatic rings. The van der Waals surface area contributed by atoms with Gasteiger partial charge >= 0.3 is 0 Å². The van der Waals surface area contributed by atoms with Crippen molar-refractivity contribution < 1.29 is 0 Å². The number of hydrogen-bond acceptors (Lipinski definition) is 2. The molecule has 0 fully saturated rings. The topological polar surface area (TPSA) is 19.7 Å². The SMILES string of the molecule is c1ccc(-c2ccc3sc4cccc(-n5c6ccccc6c6cc(-c7ccc8c(c7)c7ccccc7n8-c7ccc8ccccc8c7)ccc65)c4c3c2)cc1.c1ccc2cc(-n3c4ccccc4c4cc(-c5ccc6c(c5)c5ccccc5n6-c5cccc6sc7ccccc7c56)ccc43)ccc2c1. The van der Waals surface area contributed by atoms with Crippen LogP contribution in [0.2, 0.25) is 0 Å². The Morgan fingerprint density at radius 2 is 0.481 bits per heavy atom. The lowest BCUT2D eigenvalue weighted by Crippen LogP contribution is -1.94. The van der Waals surface area contributed by atoms with E-state index in [9.17, 15) is 0 Å². The Balaban J connectivity index is 0.000000132. The molecule has 484 valence electrons. The van der Waals surface area contributed by atoms with Gasteiger partial charge in [-0.3, -0.25) is 0 Å². The number of fused-ring (bicyclic) bond motifs is 20. The molecule has 6 heteroatoms. The van der Waals surface area contributed by atoms with Crippen LogP contribution in [0.1, 0.15) is 0 Å². The van der Waals surface area contributed by atoms with Crippen LogP contribution in [-0.2, 0) is 0 Å². The van der Waals surface area contributed by atoms with Crippen molar-refractivity contribution in [3.05, 3.63) is 364 Å². The summed E-state index contributed by atoms with van der Waals surface area (Å²) in [6.07, 6.45) is 0. The Bertz CT molecular complexity index is 7500. The van der Waals surface area contributed by atoms with Crippen LogP contribution in [0.25, 0.3) is 205 Å². The molecule has 0 atom stereocenters. The monoisotopic (exact) mass is 1360 g/mol. The highest BCUT2D eigenvalue weighted by Gasteiger charge is 2.23. The standard InChI is InChI=1S/C52H32N2S.C46H28N2S/c1-2-11-33(12-3-1)36-24-28-50-44(32-36)52-49(19-10-20-51(52)55-50)54-46-18-9-7-16-41(46)43-31-38(23-27-48(43)54)37-22-26-47-42(30-37)40-15-6-8-17-45(40)53(47)39-25-21-34-13-4-5-14-35(34)29-39;1-2-11-30-26-33(23-20-29(30)10-1)47-39-15-6-3-12-34(39)37-27-31(21-24-41(37)47)32-22-25-42-38(28-32)35-13-4-7-16-40(35)48(42)43-17-9-19-45-46(43)36-14-5-8-18-44(36)49-45/h1-32H;1-28H. The van der Waals surface area contributed by atoms with Crippen LogP contribution in [-0.4, -0.2) is 18.3 Å². The van der Waals surface area contributed by atoms with E-state index in [2.05, 4.69) is 382 Å². The number of rotatable bonds is 7. The highest BCUT2D eigenvalue weighted by Crippen LogP contribution is 2.47. The molecule has 0 unspecified atom stereocenters. The lowest BCUT2D eigenvalue weighted by molar-refractivity contribution is 1.19. The first-order valence-electron chi connectivity index (χ1n) is 35.6. The zero-order valence-electron chi connectivity index (χ0n) is 56.2. The Morgan fingerprint density at radius 3 is 0.942 bits per heavy atom. The number of para-hydroxylation sites is 4. The van der Waals surface area contributed by atoms with Gasteiger partial charge in [0.05, 0.1) is 55.5 Å². The average molecular weight is 1360 g/mol. The molecular formula is C98H60N4S2. The van der Waals surface area contributed by atoms with Gasteiger partial charge < -0.3 is 18.3 Å². The van der Waals surface area contributed by atoms with E-state index in [1.54, 1.807) is 0 Å². The quantitative estimate of drug-likeness (QED) is 0.152. The van der Waals surface area contributed by atoms with E-state index in [0.29, 0.717) is 0 Å². The number of nitrogens with zero attached hydrogens (tertiary/aromatic N) is 4. The highest BCUT2D eigenvalue weighted by atomic mass is 32.1. The van der Waals surface area contributed by atoms with Crippen molar-refractivity contribution in [3.63, 3.8) is 0 Å². The van der Waals surface area contributed by atoms with Crippen LogP contribution < -0.4 is 0 Å². The number of benzene rings is 17. The van der Waals surface area contributed by atoms with Gasteiger partial charge in [-0.05, 0) is 194 Å². The fourth-order valence-corrected chi connectivity index (χ4v) is 19.3. The molecule has 0 saturated heterocycles. The van der Waals surface area contributed by atoms with E-state index in [4.69, 9.17) is 0 Å². The molecule has 0 radical (unpaired) electrons. The van der Waals surface area contributed by atoms with Gasteiger partial charge in [-0.2, -0.15) is 0 Å². The van der Waals surface area contributed by atoms with Gasteiger partial charge in [-0.1, -0.05) is 224 Å². The van der Waals surface area contributed by atoms with E-state index in [-0.39, 0.29) is 0 Å². The molecule has 0 bridgehead atoms. The van der Waals surface area contributed by atoms with E-state index in [1.807, 2.05) is 22.7 Å². The van der Waals surface area contributed by atoms with Crippen molar-refractivity contribution in [3.8, 4) is 56.1 Å². The third-order valence-electron chi connectivity index (χ3n) is 21.8. The Morgan fingerprint density at radius 1 is 0.163 bits per heavy atom. The lowest BCUT2D eigenvalue weighted by Gasteiger charge is -2.11. The van der Waals surface area contributed by atoms with Gasteiger partial charge in [-0.25, -0.2) is 0 Å².